The molecule has 0 heterocycles. The fraction of sp³-hybridized carbons (Fsp3) is 0. The number of rotatable bonds is 4. The third-order valence-electron chi connectivity index (χ3n) is 2.80. The van der Waals surface area contributed by atoms with Gasteiger partial charge in [-0.3, -0.25) is 0 Å². The Morgan fingerprint density at radius 3 is 1.95 bits per heavy atom. The van der Waals surface area contributed by atoms with Gasteiger partial charge < -0.3 is 0 Å². The summed E-state index contributed by atoms with van der Waals surface area (Å²) in [5.41, 5.74) is -0.488. The van der Waals surface area contributed by atoms with Gasteiger partial charge in [0.05, 0.1) is 0 Å². The van der Waals surface area contributed by atoms with Crippen LogP contribution in [-0.2, 0) is 3.74 Å². The van der Waals surface area contributed by atoms with Crippen LogP contribution in [-0.4, -0.2) is 27.8 Å². The van der Waals surface area contributed by atoms with Crippen LogP contribution in [0.1, 0.15) is 0 Å². The van der Waals surface area contributed by atoms with Crippen molar-refractivity contribution >= 4 is 33.9 Å². The minimum atomic E-state index is -4.76. The quantitative estimate of drug-likeness (QED) is 0.485. The Balaban J connectivity index is 2.46. The van der Waals surface area contributed by atoms with Gasteiger partial charge in [-0.05, 0) is 0 Å². The zero-order valence-electron chi connectivity index (χ0n) is 10.4. The first-order valence-corrected chi connectivity index (χ1v) is 9.13. The summed E-state index contributed by atoms with van der Waals surface area (Å²) in [5.74, 6) is 0. The molecule has 0 fully saturated rings. The topological polar surface area (TPSA) is 124 Å². The molecule has 108 valence electrons. The van der Waals surface area contributed by atoms with E-state index in [1.54, 1.807) is 0 Å². The van der Waals surface area contributed by atoms with E-state index in [0.29, 0.717) is 0 Å². The van der Waals surface area contributed by atoms with Crippen LogP contribution in [0.5, 0.6) is 0 Å². The molecular formula is C12H9AsN2O6. The van der Waals surface area contributed by atoms with E-state index in [1.807, 2.05) is 0 Å². The SMILES string of the molecule is O=[N+]([O-])c1ccc([As](=O)(O)c2cccc([N+](=O)[O-])c2)cc1. The van der Waals surface area contributed by atoms with Crippen LogP contribution >= 0.6 is 0 Å². The Morgan fingerprint density at radius 1 is 0.857 bits per heavy atom. The van der Waals surface area contributed by atoms with E-state index in [2.05, 4.69) is 0 Å². The molecule has 0 aliphatic carbocycles. The second-order valence-corrected chi connectivity index (χ2v) is 8.71. The van der Waals surface area contributed by atoms with E-state index in [0.717, 1.165) is 18.2 Å². The average molecular weight is 352 g/mol. The van der Waals surface area contributed by atoms with Gasteiger partial charge in [0, 0.05) is 0 Å². The molecule has 0 aliphatic rings. The molecule has 8 nitrogen and oxygen atoms in total. The van der Waals surface area contributed by atoms with Gasteiger partial charge in [0.25, 0.3) is 0 Å². The van der Waals surface area contributed by atoms with Gasteiger partial charge >= 0.3 is 120 Å². The van der Waals surface area contributed by atoms with Crippen molar-refractivity contribution in [2.45, 2.75) is 0 Å². The molecular weight excluding hydrogens is 343 g/mol. The number of nitrogens with zero attached hydrogens (tertiary/aromatic N) is 2. The maximum atomic E-state index is 12.5. The normalized spacial score (nSPS) is 13.4. The summed E-state index contributed by atoms with van der Waals surface area (Å²) in [7, 11) is 0. The zero-order chi connectivity index (χ0) is 15.6. The molecule has 0 aromatic heterocycles. The molecule has 0 saturated carbocycles. The van der Waals surface area contributed by atoms with Crippen LogP contribution in [0.15, 0.2) is 48.5 Å². The van der Waals surface area contributed by atoms with Crippen LogP contribution in [0.25, 0.3) is 0 Å². The van der Waals surface area contributed by atoms with E-state index in [4.69, 9.17) is 0 Å². The number of hydrogen-bond donors (Lipinski definition) is 1. The van der Waals surface area contributed by atoms with Crippen molar-refractivity contribution in [1.29, 1.82) is 0 Å². The number of benzene rings is 2. The summed E-state index contributed by atoms with van der Waals surface area (Å²) < 4.78 is 22.7. The summed E-state index contributed by atoms with van der Waals surface area (Å²) in [4.78, 5) is 20.0. The van der Waals surface area contributed by atoms with Gasteiger partial charge in [0.2, 0.25) is 0 Å². The fourth-order valence-electron chi connectivity index (χ4n) is 1.72. The van der Waals surface area contributed by atoms with Crippen molar-refractivity contribution in [3.05, 3.63) is 68.8 Å². The number of hydrogen-bond acceptors (Lipinski definition) is 5. The summed E-state index contributed by atoms with van der Waals surface area (Å²) in [6.07, 6.45) is 0. The number of nitro benzene ring substituents is 2. The predicted molar refractivity (Wildman–Crippen MR) is 74.1 cm³/mol. The Labute approximate surface area is 121 Å². The van der Waals surface area contributed by atoms with Gasteiger partial charge in [0.15, 0.2) is 0 Å². The van der Waals surface area contributed by atoms with Gasteiger partial charge in [-0.25, -0.2) is 0 Å². The monoisotopic (exact) mass is 352 g/mol. The molecule has 0 spiro atoms. The summed E-state index contributed by atoms with van der Waals surface area (Å²) in [6, 6.07) is 9.54. The van der Waals surface area contributed by atoms with Crippen molar-refractivity contribution in [1.82, 2.24) is 0 Å². The molecule has 1 atom stereocenters. The fourth-order valence-corrected chi connectivity index (χ4v) is 4.76. The molecule has 2 aromatic rings. The first kappa shape index (κ1) is 15.0. The molecule has 2 rings (SSSR count). The first-order valence-electron chi connectivity index (χ1n) is 5.65. The van der Waals surface area contributed by atoms with Crippen LogP contribution in [0, 0.1) is 20.2 Å². The second kappa shape index (κ2) is 5.51. The Hall–Kier alpha value is -2.44. The molecule has 21 heavy (non-hydrogen) atoms. The molecule has 0 bridgehead atoms. The van der Waals surface area contributed by atoms with Gasteiger partial charge in [0.1, 0.15) is 0 Å². The first-order chi connectivity index (χ1) is 9.82. The van der Waals surface area contributed by atoms with E-state index in [1.165, 1.54) is 30.3 Å². The molecule has 1 N–H and O–H groups in total. The summed E-state index contributed by atoms with van der Waals surface area (Å²) in [5, 5.41) is 21.3. The molecule has 0 radical (unpaired) electrons. The van der Waals surface area contributed by atoms with Gasteiger partial charge in [-0.2, -0.15) is 0 Å². The van der Waals surface area contributed by atoms with Crippen LogP contribution in [0.2, 0.25) is 0 Å². The number of non-ortho nitro benzene ring substituents is 2. The zero-order valence-corrected chi connectivity index (χ0v) is 12.3. The van der Waals surface area contributed by atoms with Crippen molar-refractivity contribution in [2.75, 3.05) is 0 Å². The van der Waals surface area contributed by atoms with Gasteiger partial charge in [-0.15, -0.1) is 0 Å². The third-order valence-corrected chi connectivity index (χ3v) is 6.95. The Bertz CT molecular complexity index is 759. The third kappa shape index (κ3) is 3.01. The van der Waals surface area contributed by atoms with Crippen LogP contribution < -0.4 is 8.70 Å². The van der Waals surface area contributed by atoms with Crippen LogP contribution in [0.4, 0.5) is 11.4 Å². The van der Waals surface area contributed by atoms with Crippen molar-refractivity contribution in [2.24, 2.45) is 0 Å². The summed E-state index contributed by atoms with van der Waals surface area (Å²) >= 11 is -4.76. The molecule has 9 heteroatoms. The molecule has 2 aromatic carbocycles. The molecule has 1 unspecified atom stereocenters. The molecule has 0 saturated heterocycles. The maximum absolute atomic E-state index is 12.5. The van der Waals surface area contributed by atoms with Crippen LogP contribution in [0.3, 0.4) is 0 Å². The standard InChI is InChI=1S/C12H9AsN2O6/c16-13(17,9-4-6-11(7-5-9)14(18)19)10-2-1-3-12(8-10)15(20)21/h1-8H,(H,16,17). The molecule has 0 aliphatic heterocycles. The second-order valence-electron chi connectivity index (χ2n) is 4.13. The Kier molecular flexibility index (Phi) is 3.92. The molecule has 0 amide bonds. The van der Waals surface area contributed by atoms with Crippen molar-refractivity contribution in [3.8, 4) is 0 Å². The van der Waals surface area contributed by atoms with Crippen molar-refractivity contribution in [3.63, 3.8) is 0 Å². The van der Waals surface area contributed by atoms with E-state index in [-0.39, 0.29) is 20.1 Å². The van der Waals surface area contributed by atoms with E-state index in [9.17, 15) is 28.1 Å². The number of nitro groups is 2. The Morgan fingerprint density at radius 2 is 1.43 bits per heavy atom. The van der Waals surface area contributed by atoms with E-state index >= 15 is 0 Å². The van der Waals surface area contributed by atoms with Gasteiger partial charge in [-0.1, -0.05) is 0 Å². The average Bonchev–Trinajstić information content (AvgIpc) is 2.47. The predicted octanol–water partition coefficient (Wildman–Crippen LogP) is 0.482. The summed E-state index contributed by atoms with van der Waals surface area (Å²) in [6.45, 7) is 0. The van der Waals surface area contributed by atoms with E-state index < -0.39 is 23.7 Å². The van der Waals surface area contributed by atoms with Crippen molar-refractivity contribution < 1.29 is 17.7 Å². The minimum absolute atomic E-state index is 0.0271.